The quantitative estimate of drug-likeness (QED) is 0.832. The Hall–Kier alpha value is -2.11. The van der Waals surface area contributed by atoms with E-state index in [1.807, 2.05) is 6.92 Å². The van der Waals surface area contributed by atoms with Crippen molar-refractivity contribution in [2.24, 2.45) is 0 Å². The lowest BCUT2D eigenvalue weighted by atomic mass is 9.95. The summed E-state index contributed by atoms with van der Waals surface area (Å²) in [5.74, 6) is 0. The Bertz CT molecular complexity index is 778. The summed E-state index contributed by atoms with van der Waals surface area (Å²) in [4.78, 5) is 0.172. The number of hydrogen-bond acceptors (Lipinski definition) is 3. The first kappa shape index (κ1) is 16.3. The first-order chi connectivity index (χ1) is 10.3. The molecule has 0 aliphatic rings. The van der Waals surface area contributed by atoms with E-state index in [1.165, 1.54) is 6.08 Å². The highest BCUT2D eigenvalue weighted by molar-refractivity contribution is 7.92. The van der Waals surface area contributed by atoms with Crippen LogP contribution in [-0.2, 0) is 15.6 Å². The molecule has 0 heterocycles. The van der Waals surface area contributed by atoms with Crippen LogP contribution in [0.4, 0.5) is 5.69 Å². The van der Waals surface area contributed by atoms with Crippen molar-refractivity contribution in [3.8, 4) is 0 Å². The number of aryl methyl sites for hydroxylation is 1. The summed E-state index contributed by atoms with van der Waals surface area (Å²) >= 11 is 0. The van der Waals surface area contributed by atoms with Gasteiger partial charge >= 0.3 is 0 Å². The van der Waals surface area contributed by atoms with E-state index in [1.54, 1.807) is 55.5 Å². The molecule has 0 saturated heterocycles. The Kier molecular flexibility index (Phi) is 4.39. The molecule has 0 amide bonds. The smallest absolute Gasteiger partial charge is 0.261 e. The number of rotatable bonds is 5. The average Bonchev–Trinajstić information content (AvgIpc) is 2.47. The third-order valence-electron chi connectivity index (χ3n) is 3.45. The molecule has 0 aliphatic carbocycles. The van der Waals surface area contributed by atoms with Gasteiger partial charge in [0, 0.05) is 5.56 Å². The van der Waals surface area contributed by atoms with Gasteiger partial charge in [-0.05, 0) is 32.0 Å². The monoisotopic (exact) mass is 317 g/mol. The van der Waals surface area contributed by atoms with Crippen molar-refractivity contribution in [3.05, 3.63) is 72.3 Å². The number of nitrogens with one attached hydrogen (secondary N) is 1. The van der Waals surface area contributed by atoms with Crippen LogP contribution in [-0.4, -0.2) is 13.5 Å². The maximum absolute atomic E-state index is 12.5. The van der Waals surface area contributed by atoms with Gasteiger partial charge in [-0.3, -0.25) is 4.72 Å². The predicted molar refractivity (Wildman–Crippen MR) is 88.2 cm³/mol. The lowest BCUT2D eigenvalue weighted by molar-refractivity contribution is 0.112. The van der Waals surface area contributed by atoms with Crippen molar-refractivity contribution in [2.75, 3.05) is 4.72 Å². The van der Waals surface area contributed by atoms with Crippen molar-refractivity contribution in [1.82, 2.24) is 0 Å². The fourth-order valence-electron chi connectivity index (χ4n) is 2.04. The number of aliphatic hydroxyl groups is 1. The summed E-state index contributed by atoms with van der Waals surface area (Å²) in [6.07, 6.45) is 1.37. The Morgan fingerprint density at radius 3 is 2.32 bits per heavy atom. The molecule has 116 valence electrons. The molecule has 5 heteroatoms. The first-order valence-electron chi connectivity index (χ1n) is 6.81. The molecule has 2 aromatic rings. The molecule has 2 N–H and O–H groups in total. The van der Waals surface area contributed by atoms with E-state index in [2.05, 4.69) is 11.3 Å². The van der Waals surface area contributed by atoms with Crippen LogP contribution in [0.25, 0.3) is 0 Å². The van der Waals surface area contributed by atoms with Gasteiger partial charge in [-0.25, -0.2) is 8.42 Å². The molecular formula is C17H19NO3S. The van der Waals surface area contributed by atoms with Gasteiger partial charge in [0.15, 0.2) is 0 Å². The molecule has 0 bridgehead atoms. The van der Waals surface area contributed by atoms with Crippen molar-refractivity contribution in [2.45, 2.75) is 24.3 Å². The zero-order valence-electron chi connectivity index (χ0n) is 12.6. The van der Waals surface area contributed by atoms with Crippen LogP contribution in [0.3, 0.4) is 0 Å². The molecule has 0 spiro atoms. The minimum absolute atomic E-state index is 0.172. The van der Waals surface area contributed by atoms with E-state index in [9.17, 15) is 13.5 Å². The van der Waals surface area contributed by atoms with Crippen LogP contribution < -0.4 is 4.72 Å². The third kappa shape index (κ3) is 3.37. The largest absolute Gasteiger partial charge is 0.381 e. The standard InChI is InChI=1S/C17H19NO3S/c1-4-17(3,19)15-7-5-6-8-16(15)18-22(20,21)14-11-9-13(2)10-12-14/h4-12,18-19H,1H2,2-3H3. The topological polar surface area (TPSA) is 66.4 Å². The maximum atomic E-state index is 12.5. The van der Waals surface area contributed by atoms with Gasteiger partial charge < -0.3 is 5.11 Å². The minimum Gasteiger partial charge on any atom is -0.381 e. The van der Waals surface area contributed by atoms with Crippen molar-refractivity contribution in [1.29, 1.82) is 0 Å². The van der Waals surface area contributed by atoms with Gasteiger partial charge in [-0.2, -0.15) is 0 Å². The first-order valence-corrected chi connectivity index (χ1v) is 8.29. The van der Waals surface area contributed by atoms with Crippen LogP contribution in [0.2, 0.25) is 0 Å². The highest BCUT2D eigenvalue weighted by Gasteiger charge is 2.24. The summed E-state index contributed by atoms with van der Waals surface area (Å²) in [7, 11) is -3.72. The Balaban J connectivity index is 2.43. The molecule has 2 aromatic carbocycles. The zero-order valence-corrected chi connectivity index (χ0v) is 13.4. The lowest BCUT2D eigenvalue weighted by Crippen LogP contribution is -2.22. The van der Waals surface area contributed by atoms with E-state index in [4.69, 9.17) is 0 Å². The van der Waals surface area contributed by atoms with Crippen molar-refractivity contribution >= 4 is 15.7 Å². The van der Waals surface area contributed by atoms with E-state index in [0.717, 1.165) is 5.56 Å². The van der Waals surface area contributed by atoms with Crippen LogP contribution in [0.1, 0.15) is 18.1 Å². The predicted octanol–water partition coefficient (Wildman–Crippen LogP) is 3.19. The Morgan fingerprint density at radius 1 is 1.14 bits per heavy atom. The second kappa shape index (κ2) is 5.94. The summed E-state index contributed by atoms with van der Waals surface area (Å²) in [5.41, 5.74) is 0.425. The molecule has 22 heavy (non-hydrogen) atoms. The molecule has 0 aromatic heterocycles. The van der Waals surface area contributed by atoms with Crippen LogP contribution in [0.5, 0.6) is 0 Å². The second-order valence-corrected chi connectivity index (χ2v) is 7.00. The number of anilines is 1. The summed E-state index contributed by atoms with van der Waals surface area (Å²) in [5, 5.41) is 10.3. The normalized spacial score (nSPS) is 14.1. The molecule has 2 rings (SSSR count). The van der Waals surface area contributed by atoms with E-state index < -0.39 is 15.6 Å². The molecule has 0 radical (unpaired) electrons. The van der Waals surface area contributed by atoms with Crippen LogP contribution >= 0.6 is 0 Å². The molecule has 1 atom stereocenters. The number of para-hydroxylation sites is 1. The molecule has 0 fully saturated rings. The summed E-state index contributed by atoms with van der Waals surface area (Å²) in [6, 6.07) is 13.3. The Morgan fingerprint density at radius 2 is 1.73 bits per heavy atom. The van der Waals surface area contributed by atoms with Gasteiger partial charge in [0.05, 0.1) is 10.6 Å². The second-order valence-electron chi connectivity index (χ2n) is 5.32. The molecule has 4 nitrogen and oxygen atoms in total. The van der Waals surface area contributed by atoms with Crippen LogP contribution in [0, 0.1) is 6.92 Å². The SMILES string of the molecule is C=CC(C)(O)c1ccccc1NS(=O)(=O)c1ccc(C)cc1. The zero-order chi connectivity index (χ0) is 16.4. The van der Waals surface area contributed by atoms with Gasteiger partial charge in [0.2, 0.25) is 0 Å². The number of benzene rings is 2. The van der Waals surface area contributed by atoms with Crippen molar-refractivity contribution in [3.63, 3.8) is 0 Å². The minimum atomic E-state index is -3.72. The Labute approximate surface area is 131 Å². The van der Waals surface area contributed by atoms with E-state index in [-0.39, 0.29) is 4.90 Å². The fraction of sp³-hybridized carbons (Fsp3) is 0.176. The average molecular weight is 317 g/mol. The van der Waals surface area contributed by atoms with Crippen molar-refractivity contribution < 1.29 is 13.5 Å². The fourth-order valence-corrected chi connectivity index (χ4v) is 3.12. The molecular weight excluding hydrogens is 298 g/mol. The molecule has 0 saturated carbocycles. The van der Waals surface area contributed by atoms with Gasteiger partial charge in [-0.15, -0.1) is 0 Å². The van der Waals surface area contributed by atoms with E-state index >= 15 is 0 Å². The number of hydrogen-bond donors (Lipinski definition) is 2. The lowest BCUT2D eigenvalue weighted by Gasteiger charge is -2.23. The number of sulfonamides is 1. The van der Waals surface area contributed by atoms with Crippen LogP contribution in [0.15, 0.2) is 66.1 Å². The van der Waals surface area contributed by atoms with E-state index in [0.29, 0.717) is 11.3 Å². The molecule has 0 aliphatic heterocycles. The third-order valence-corrected chi connectivity index (χ3v) is 4.83. The maximum Gasteiger partial charge on any atom is 0.261 e. The molecule has 1 unspecified atom stereocenters. The van der Waals surface area contributed by atoms with Gasteiger partial charge in [-0.1, -0.05) is 48.6 Å². The summed E-state index contributed by atoms with van der Waals surface area (Å²) in [6.45, 7) is 7.03. The summed E-state index contributed by atoms with van der Waals surface area (Å²) < 4.78 is 27.5. The van der Waals surface area contributed by atoms with Gasteiger partial charge in [0.25, 0.3) is 10.0 Å². The highest BCUT2D eigenvalue weighted by atomic mass is 32.2. The van der Waals surface area contributed by atoms with Gasteiger partial charge in [0.1, 0.15) is 5.60 Å². The highest BCUT2D eigenvalue weighted by Crippen LogP contribution is 2.30.